The van der Waals surface area contributed by atoms with Gasteiger partial charge in [-0.25, -0.2) is 4.98 Å². The lowest BCUT2D eigenvalue weighted by Crippen LogP contribution is -2.34. The molecule has 0 bridgehead atoms. The van der Waals surface area contributed by atoms with Crippen LogP contribution in [0.25, 0.3) is 0 Å². The summed E-state index contributed by atoms with van der Waals surface area (Å²) in [6.45, 7) is 5.81. The van der Waals surface area contributed by atoms with Crippen LogP contribution in [-0.2, 0) is 20.1 Å². The van der Waals surface area contributed by atoms with Crippen LogP contribution in [0.5, 0.6) is 0 Å². The van der Waals surface area contributed by atoms with Crippen LogP contribution in [0.2, 0.25) is 0 Å². The average molecular weight is 351 g/mol. The third-order valence-electron chi connectivity index (χ3n) is 5.23. The number of rotatable bonds is 5. The van der Waals surface area contributed by atoms with Gasteiger partial charge in [-0.2, -0.15) is 0 Å². The van der Waals surface area contributed by atoms with E-state index >= 15 is 0 Å². The molecule has 26 heavy (non-hydrogen) atoms. The van der Waals surface area contributed by atoms with Crippen LogP contribution in [-0.4, -0.2) is 47.3 Å². The van der Waals surface area contributed by atoms with Crippen molar-refractivity contribution in [2.75, 3.05) is 13.1 Å². The zero-order chi connectivity index (χ0) is 17.9. The van der Waals surface area contributed by atoms with Gasteiger partial charge in [-0.05, 0) is 37.9 Å². The summed E-state index contributed by atoms with van der Waals surface area (Å²) in [6, 6.07) is 4.15. The minimum Gasteiger partial charge on any atom is -0.328 e. The largest absolute Gasteiger partial charge is 0.328 e. The van der Waals surface area contributed by atoms with E-state index in [1.807, 2.05) is 37.8 Å². The lowest BCUT2D eigenvalue weighted by Gasteiger charge is -2.32. The zero-order valence-electron chi connectivity index (χ0n) is 15.4. The maximum Gasteiger partial charge on any atom is 0.152 e. The highest BCUT2D eigenvalue weighted by Gasteiger charge is 2.26. The zero-order valence-corrected chi connectivity index (χ0v) is 15.4. The molecular formula is C19H25N7. The second-order valence-electron chi connectivity index (χ2n) is 7.07. The number of hydrogen-bond donors (Lipinski definition) is 0. The molecule has 7 heteroatoms. The molecule has 0 spiro atoms. The molecule has 1 unspecified atom stereocenters. The Kier molecular flexibility index (Phi) is 4.79. The van der Waals surface area contributed by atoms with Gasteiger partial charge in [0.1, 0.15) is 11.6 Å². The number of likely N-dealkylation sites (tertiary alicyclic amines) is 1. The van der Waals surface area contributed by atoms with Crippen molar-refractivity contribution in [1.82, 2.24) is 34.2 Å². The predicted molar refractivity (Wildman–Crippen MR) is 98.6 cm³/mol. The summed E-state index contributed by atoms with van der Waals surface area (Å²) in [5.41, 5.74) is 1.27. The van der Waals surface area contributed by atoms with Gasteiger partial charge in [0.05, 0.1) is 6.54 Å². The molecule has 1 fully saturated rings. The summed E-state index contributed by atoms with van der Waals surface area (Å²) in [6.07, 6.45) is 9.94. The molecule has 3 aromatic rings. The number of imidazole rings is 1. The van der Waals surface area contributed by atoms with Crippen LogP contribution in [0, 0.1) is 6.92 Å². The number of piperidine rings is 1. The van der Waals surface area contributed by atoms with Crippen LogP contribution in [0.3, 0.4) is 0 Å². The highest BCUT2D eigenvalue weighted by molar-refractivity contribution is 5.10. The van der Waals surface area contributed by atoms with Crippen molar-refractivity contribution < 1.29 is 0 Å². The number of aromatic nitrogens is 6. The summed E-state index contributed by atoms with van der Waals surface area (Å²) in [4.78, 5) is 11.0. The molecule has 1 aliphatic rings. The van der Waals surface area contributed by atoms with Crippen LogP contribution >= 0.6 is 0 Å². The first kappa shape index (κ1) is 16.9. The molecule has 0 radical (unpaired) electrons. The maximum atomic E-state index is 4.53. The minimum absolute atomic E-state index is 0.426. The van der Waals surface area contributed by atoms with Crippen molar-refractivity contribution in [2.24, 2.45) is 7.05 Å². The fourth-order valence-corrected chi connectivity index (χ4v) is 3.75. The van der Waals surface area contributed by atoms with Gasteiger partial charge in [-0.3, -0.25) is 9.88 Å². The smallest absolute Gasteiger partial charge is 0.152 e. The lowest BCUT2D eigenvalue weighted by molar-refractivity contribution is 0.195. The van der Waals surface area contributed by atoms with E-state index in [1.54, 1.807) is 0 Å². The third kappa shape index (κ3) is 3.53. The SMILES string of the molecule is Cc1nccn1Cc1nnc(C2CCCN(Cc3cccnc3)C2)n1C. The third-order valence-corrected chi connectivity index (χ3v) is 5.23. The van der Waals surface area contributed by atoms with E-state index in [1.165, 1.54) is 18.4 Å². The molecule has 3 aromatic heterocycles. The number of aryl methyl sites for hydroxylation is 1. The molecule has 1 saturated heterocycles. The van der Waals surface area contributed by atoms with Crippen molar-refractivity contribution in [2.45, 2.75) is 38.8 Å². The van der Waals surface area contributed by atoms with Crippen molar-refractivity contribution in [3.63, 3.8) is 0 Å². The highest BCUT2D eigenvalue weighted by Crippen LogP contribution is 2.26. The predicted octanol–water partition coefficient (Wildman–Crippen LogP) is 2.14. The van der Waals surface area contributed by atoms with Gasteiger partial charge in [0.25, 0.3) is 0 Å². The maximum absolute atomic E-state index is 4.53. The number of nitrogens with zero attached hydrogens (tertiary/aromatic N) is 7. The van der Waals surface area contributed by atoms with Gasteiger partial charge >= 0.3 is 0 Å². The summed E-state index contributed by atoms with van der Waals surface area (Å²) in [7, 11) is 2.08. The molecule has 0 aromatic carbocycles. The fourth-order valence-electron chi connectivity index (χ4n) is 3.75. The van der Waals surface area contributed by atoms with E-state index in [2.05, 4.69) is 47.3 Å². The minimum atomic E-state index is 0.426. The second-order valence-corrected chi connectivity index (χ2v) is 7.07. The van der Waals surface area contributed by atoms with Crippen LogP contribution in [0.4, 0.5) is 0 Å². The van der Waals surface area contributed by atoms with E-state index in [0.717, 1.165) is 37.1 Å². The van der Waals surface area contributed by atoms with E-state index in [4.69, 9.17) is 0 Å². The number of pyridine rings is 1. The van der Waals surface area contributed by atoms with Gasteiger partial charge in [-0.15, -0.1) is 10.2 Å². The molecule has 1 atom stereocenters. The summed E-state index contributed by atoms with van der Waals surface area (Å²) >= 11 is 0. The van der Waals surface area contributed by atoms with Crippen molar-refractivity contribution in [3.05, 3.63) is 60.0 Å². The Balaban J connectivity index is 1.46. The Morgan fingerprint density at radius 1 is 1.19 bits per heavy atom. The van der Waals surface area contributed by atoms with Crippen molar-refractivity contribution in [3.8, 4) is 0 Å². The molecule has 4 rings (SSSR count). The molecule has 1 aliphatic heterocycles. The van der Waals surface area contributed by atoms with E-state index in [0.29, 0.717) is 12.5 Å². The highest BCUT2D eigenvalue weighted by atomic mass is 15.3. The van der Waals surface area contributed by atoms with Gasteiger partial charge in [0, 0.05) is 50.8 Å². The van der Waals surface area contributed by atoms with E-state index in [9.17, 15) is 0 Å². The van der Waals surface area contributed by atoms with E-state index in [-0.39, 0.29) is 0 Å². The summed E-state index contributed by atoms with van der Waals surface area (Å²) < 4.78 is 4.26. The molecule has 7 nitrogen and oxygen atoms in total. The average Bonchev–Trinajstić information content (AvgIpc) is 3.23. The van der Waals surface area contributed by atoms with Gasteiger partial charge in [-0.1, -0.05) is 6.07 Å². The van der Waals surface area contributed by atoms with Gasteiger partial charge < -0.3 is 9.13 Å². The Bertz CT molecular complexity index is 852. The van der Waals surface area contributed by atoms with E-state index < -0.39 is 0 Å². The second kappa shape index (κ2) is 7.37. The first-order valence-electron chi connectivity index (χ1n) is 9.18. The Morgan fingerprint density at radius 3 is 2.88 bits per heavy atom. The van der Waals surface area contributed by atoms with Crippen LogP contribution < -0.4 is 0 Å². The summed E-state index contributed by atoms with van der Waals surface area (Å²) in [5, 5.41) is 8.98. The molecular weight excluding hydrogens is 326 g/mol. The monoisotopic (exact) mass is 351 g/mol. The standard InChI is InChI=1S/C19H25N7/c1-15-21-8-10-26(15)14-18-22-23-19(24(18)2)17-6-4-9-25(13-17)12-16-5-3-7-20-11-16/h3,5,7-8,10-11,17H,4,6,9,12-14H2,1-2H3. The lowest BCUT2D eigenvalue weighted by atomic mass is 9.97. The Hall–Kier alpha value is -2.54. The van der Waals surface area contributed by atoms with Crippen molar-refractivity contribution in [1.29, 1.82) is 0 Å². The van der Waals surface area contributed by atoms with Crippen LogP contribution in [0.15, 0.2) is 36.9 Å². The molecule has 0 aliphatic carbocycles. The molecule has 0 N–H and O–H groups in total. The van der Waals surface area contributed by atoms with Crippen molar-refractivity contribution >= 4 is 0 Å². The quantitative estimate of drug-likeness (QED) is 0.705. The normalized spacial score (nSPS) is 18.3. The molecule has 4 heterocycles. The summed E-state index contributed by atoms with van der Waals surface area (Å²) in [5.74, 6) is 3.49. The molecule has 0 saturated carbocycles. The van der Waals surface area contributed by atoms with Gasteiger partial charge in [0.15, 0.2) is 5.82 Å². The molecule has 136 valence electrons. The first-order chi connectivity index (χ1) is 12.7. The Morgan fingerprint density at radius 2 is 2.12 bits per heavy atom. The molecule has 0 amide bonds. The fraction of sp³-hybridized carbons (Fsp3) is 0.474. The Labute approximate surface area is 153 Å². The first-order valence-corrected chi connectivity index (χ1v) is 9.18. The van der Waals surface area contributed by atoms with Gasteiger partial charge in [0.2, 0.25) is 0 Å². The van der Waals surface area contributed by atoms with Crippen LogP contribution in [0.1, 0.15) is 41.8 Å². The topological polar surface area (TPSA) is 64.7 Å². The number of hydrogen-bond acceptors (Lipinski definition) is 5.